The van der Waals surface area contributed by atoms with Crippen molar-refractivity contribution in [3.05, 3.63) is 34.1 Å². The van der Waals surface area contributed by atoms with Crippen LogP contribution in [0.5, 0.6) is 0 Å². The number of carboxylic acids is 1. The lowest BCUT2D eigenvalue weighted by Crippen LogP contribution is -2.03. The van der Waals surface area contributed by atoms with Crippen molar-refractivity contribution in [3.8, 4) is 5.69 Å². The molecule has 0 saturated heterocycles. The van der Waals surface area contributed by atoms with E-state index in [9.17, 15) is 4.79 Å². The summed E-state index contributed by atoms with van der Waals surface area (Å²) in [4.78, 5) is 10.6. The first kappa shape index (κ1) is 14.2. The smallest absolute Gasteiger partial charge is 0.313 e. The van der Waals surface area contributed by atoms with E-state index in [-0.39, 0.29) is 5.75 Å². The number of halogens is 2. The molecule has 0 aliphatic heterocycles. The number of thioether (sulfide) groups is 1. The highest BCUT2D eigenvalue weighted by Gasteiger charge is 2.13. The summed E-state index contributed by atoms with van der Waals surface area (Å²) in [5, 5.41) is 18.0. The number of carboxylic acid groups (broad SMARTS) is 1. The van der Waals surface area contributed by atoms with Crippen LogP contribution >= 0.6 is 35.0 Å². The zero-order chi connectivity index (χ0) is 14.0. The van der Waals surface area contributed by atoms with Gasteiger partial charge in [-0.05, 0) is 25.1 Å². The minimum atomic E-state index is -0.911. The van der Waals surface area contributed by atoms with Crippen LogP contribution in [0.1, 0.15) is 5.82 Å². The first-order valence-electron chi connectivity index (χ1n) is 5.21. The number of hydrogen-bond acceptors (Lipinski definition) is 4. The second-order valence-corrected chi connectivity index (χ2v) is 5.40. The summed E-state index contributed by atoms with van der Waals surface area (Å²) >= 11 is 12.9. The number of hydrogen-bond donors (Lipinski definition) is 1. The Kier molecular flexibility index (Phi) is 4.34. The van der Waals surface area contributed by atoms with Gasteiger partial charge in [0, 0.05) is 0 Å². The number of benzene rings is 1. The summed E-state index contributed by atoms with van der Waals surface area (Å²) < 4.78 is 1.73. The molecule has 2 rings (SSSR count). The first-order chi connectivity index (χ1) is 8.99. The van der Waals surface area contributed by atoms with Crippen LogP contribution in [0.3, 0.4) is 0 Å². The van der Waals surface area contributed by atoms with Crippen LogP contribution in [-0.2, 0) is 4.79 Å². The van der Waals surface area contributed by atoms with Gasteiger partial charge >= 0.3 is 5.97 Å². The lowest BCUT2D eigenvalue weighted by molar-refractivity contribution is -0.133. The Hall–Kier alpha value is -1.24. The number of carbonyl (C=O) groups is 1. The number of nitrogens with zero attached hydrogens (tertiary/aromatic N) is 3. The van der Waals surface area contributed by atoms with Crippen molar-refractivity contribution in [2.45, 2.75) is 12.1 Å². The van der Waals surface area contributed by atoms with Crippen LogP contribution in [0, 0.1) is 6.92 Å². The van der Waals surface area contributed by atoms with Crippen LogP contribution in [0.4, 0.5) is 0 Å². The van der Waals surface area contributed by atoms with E-state index in [2.05, 4.69) is 10.2 Å². The largest absolute Gasteiger partial charge is 0.481 e. The van der Waals surface area contributed by atoms with Crippen LogP contribution in [-0.4, -0.2) is 31.6 Å². The van der Waals surface area contributed by atoms with Gasteiger partial charge in [-0.25, -0.2) is 0 Å². The van der Waals surface area contributed by atoms with Crippen molar-refractivity contribution in [2.75, 3.05) is 5.75 Å². The molecule has 0 unspecified atom stereocenters. The third-order valence-corrected chi connectivity index (χ3v) is 3.93. The van der Waals surface area contributed by atoms with Crippen LogP contribution in [0.2, 0.25) is 10.0 Å². The zero-order valence-electron chi connectivity index (χ0n) is 9.80. The SMILES string of the molecule is Cc1nnc(SCC(=O)O)n1-c1ccc(Cl)c(Cl)c1. The Morgan fingerprint density at radius 2 is 2.11 bits per heavy atom. The minimum absolute atomic E-state index is 0.0839. The molecule has 1 heterocycles. The van der Waals surface area contributed by atoms with Crippen LogP contribution in [0.25, 0.3) is 5.69 Å². The first-order valence-corrected chi connectivity index (χ1v) is 6.95. The van der Waals surface area contributed by atoms with Crippen molar-refractivity contribution < 1.29 is 9.90 Å². The molecule has 0 amide bonds. The molecule has 1 aromatic carbocycles. The zero-order valence-corrected chi connectivity index (χ0v) is 12.1. The second-order valence-electron chi connectivity index (χ2n) is 3.65. The quantitative estimate of drug-likeness (QED) is 0.878. The molecule has 0 fully saturated rings. The number of aryl methyl sites for hydroxylation is 1. The molecule has 0 spiro atoms. The Balaban J connectivity index is 2.40. The van der Waals surface area contributed by atoms with Crippen molar-refractivity contribution in [1.82, 2.24) is 14.8 Å². The molecule has 0 bridgehead atoms. The van der Waals surface area contributed by atoms with Gasteiger partial charge in [0.1, 0.15) is 5.82 Å². The maximum Gasteiger partial charge on any atom is 0.313 e. The van der Waals surface area contributed by atoms with Crippen molar-refractivity contribution >= 4 is 40.9 Å². The van der Waals surface area contributed by atoms with Gasteiger partial charge in [0.2, 0.25) is 0 Å². The van der Waals surface area contributed by atoms with E-state index in [4.69, 9.17) is 28.3 Å². The summed E-state index contributed by atoms with van der Waals surface area (Å²) in [7, 11) is 0. The van der Waals surface area contributed by atoms with Crippen molar-refractivity contribution in [1.29, 1.82) is 0 Å². The third kappa shape index (κ3) is 3.20. The predicted octanol–water partition coefficient (Wildman–Crippen LogP) is 3.06. The lowest BCUT2D eigenvalue weighted by atomic mass is 10.3. The summed E-state index contributed by atoms with van der Waals surface area (Å²) in [5.41, 5.74) is 0.741. The molecular formula is C11H9Cl2N3O2S. The molecule has 1 aromatic heterocycles. The Bertz CT molecular complexity index is 630. The highest BCUT2D eigenvalue weighted by molar-refractivity contribution is 7.99. The normalized spacial score (nSPS) is 10.7. The van der Waals surface area contributed by atoms with E-state index in [0.717, 1.165) is 17.4 Å². The van der Waals surface area contributed by atoms with Crippen molar-refractivity contribution in [2.24, 2.45) is 0 Å². The maximum atomic E-state index is 10.6. The summed E-state index contributed by atoms with van der Waals surface area (Å²) in [5.74, 6) is -0.350. The maximum absolute atomic E-state index is 10.6. The van der Waals surface area contributed by atoms with Gasteiger partial charge in [-0.3, -0.25) is 9.36 Å². The number of aromatic nitrogens is 3. The van der Waals surface area contributed by atoms with E-state index in [0.29, 0.717) is 21.0 Å². The van der Waals surface area contributed by atoms with Gasteiger partial charge in [-0.15, -0.1) is 10.2 Å². The van der Waals surface area contributed by atoms with Crippen LogP contribution in [0.15, 0.2) is 23.4 Å². The highest BCUT2D eigenvalue weighted by Crippen LogP contribution is 2.27. The molecule has 8 heteroatoms. The molecule has 0 aliphatic carbocycles. The average Bonchev–Trinajstić information content (AvgIpc) is 2.71. The van der Waals surface area contributed by atoms with E-state index in [1.807, 2.05) is 0 Å². The number of rotatable bonds is 4. The highest BCUT2D eigenvalue weighted by atomic mass is 35.5. The second kappa shape index (κ2) is 5.81. The molecule has 0 atom stereocenters. The molecule has 0 radical (unpaired) electrons. The van der Waals surface area contributed by atoms with Gasteiger partial charge in [-0.1, -0.05) is 35.0 Å². The minimum Gasteiger partial charge on any atom is -0.481 e. The molecule has 0 aliphatic rings. The summed E-state index contributed by atoms with van der Waals surface area (Å²) in [6, 6.07) is 5.13. The Morgan fingerprint density at radius 3 is 2.74 bits per heavy atom. The van der Waals surface area contributed by atoms with Gasteiger partial charge < -0.3 is 5.11 Å². The van der Waals surface area contributed by atoms with E-state index < -0.39 is 5.97 Å². The Labute approximate surface area is 123 Å². The van der Waals surface area contributed by atoms with Gasteiger partial charge in [0.15, 0.2) is 5.16 Å². The standard InChI is InChI=1S/C11H9Cl2N3O2S/c1-6-14-15-11(19-5-10(17)18)16(6)7-2-3-8(12)9(13)4-7/h2-4H,5H2,1H3,(H,17,18). The van der Waals surface area contributed by atoms with Crippen molar-refractivity contribution in [3.63, 3.8) is 0 Å². The third-order valence-electron chi connectivity index (χ3n) is 2.28. The summed E-state index contributed by atoms with van der Waals surface area (Å²) in [6.07, 6.45) is 0. The molecule has 0 saturated carbocycles. The Morgan fingerprint density at radius 1 is 1.37 bits per heavy atom. The molecule has 2 aromatic rings. The summed E-state index contributed by atoms with van der Waals surface area (Å²) in [6.45, 7) is 1.78. The average molecular weight is 318 g/mol. The fourth-order valence-corrected chi connectivity index (χ4v) is 2.49. The molecule has 19 heavy (non-hydrogen) atoms. The van der Waals surface area contributed by atoms with E-state index >= 15 is 0 Å². The fraction of sp³-hybridized carbons (Fsp3) is 0.182. The molecule has 100 valence electrons. The van der Waals surface area contributed by atoms with E-state index in [1.165, 1.54) is 0 Å². The van der Waals surface area contributed by atoms with Crippen LogP contribution < -0.4 is 0 Å². The van der Waals surface area contributed by atoms with Gasteiger partial charge in [0.25, 0.3) is 0 Å². The monoisotopic (exact) mass is 317 g/mol. The van der Waals surface area contributed by atoms with Gasteiger partial charge in [0.05, 0.1) is 21.5 Å². The van der Waals surface area contributed by atoms with E-state index in [1.54, 1.807) is 29.7 Å². The molecular weight excluding hydrogens is 309 g/mol. The lowest BCUT2D eigenvalue weighted by Gasteiger charge is -2.08. The molecule has 5 nitrogen and oxygen atoms in total. The predicted molar refractivity (Wildman–Crippen MR) is 74.5 cm³/mol. The molecule has 1 N–H and O–H groups in total. The van der Waals surface area contributed by atoms with Gasteiger partial charge in [-0.2, -0.15) is 0 Å². The fourth-order valence-electron chi connectivity index (χ4n) is 1.48. The number of aliphatic carboxylic acids is 1. The topological polar surface area (TPSA) is 68.0 Å².